The lowest BCUT2D eigenvalue weighted by molar-refractivity contribution is -0.386. The highest BCUT2D eigenvalue weighted by Gasteiger charge is 2.28. The second-order valence-corrected chi connectivity index (χ2v) is 4.54. The topological polar surface area (TPSA) is 72.7 Å². The minimum Gasteiger partial charge on any atom is -0.465 e. The Morgan fingerprint density at radius 2 is 2.05 bits per heavy atom. The van der Waals surface area contributed by atoms with Crippen LogP contribution in [-0.2, 0) is 9.53 Å². The molecule has 0 aromatic heterocycles. The molecule has 0 aliphatic rings. The van der Waals surface area contributed by atoms with Crippen LogP contribution in [0.5, 0.6) is 0 Å². The lowest BCUT2D eigenvalue weighted by Crippen LogP contribution is -2.37. The maximum Gasteiger partial charge on any atom is 0.328 e. The van der Waals surface area contributed by atoms with Gasteiger partial charge >= 0.3 is 11.7 Å². The van der Waals surface area contributed by atoms with Crippen LogP contribution in [0.15, 0.2) is 12.1 Å². The number of nitrogens with zero attached hydrogens (tertiary/aromatic N) is 2. The largest absolute Gasteiger partial charge is 0.465 e. The first kappa shape index (κ1) is 16.8. The Morgan fingerprint density at radius 1 is 1.43 bits per heavy atom. The van der Waals surface area contributed by atoms with Crippen molar-refractivity contribution in [2.24, 2.45) is 0 Å². The number of carbonyl (C=O) groups is 1. The van der Waals surface area contributed by atoms with Gasteiger partial charge in [0.25, 0.3) is 0 Å². The van der Waals surface area contributed by atoms with E-state index < -0.39 is 34.3 Å². The Bertz CT molecular complexity index is 549. The van der Waals surface area contributed by atoms with E-state index in [0.29, 0.717) is 6.07 Å². The first-order chi connectivity index (χ1) is 9.77. The van der Waals surface area contributed by atoms with Crippen LogP contribution >= 0.6 is 0 Å². The van der Waals surface area contributed by atoms with Crippen LogP contribution in [0.1, 0.15) is 20.8 Å². The molecule has 6 nitrogen and oxygen atoms in total. The summed E-state index contributed by atoms with van der Waals surface area (Å²) in [5.74, 6) is -2.88. The number of carbonyl (C=O) groups excluding carboxylic acids is 1. The van der Waals surface area contributed by atoms with Crippen LogP contribution in [0.3, 0.4) is 0 Å². The molecule has 0 heterocycles. The minimum absolute atomic E-state index is 0.143. The number of rotatable bonds is 6. The van der Waals surface area contributed by atoms with Crippen molar-refractivity contribution in [3.05, 3.63) is 33.9 Å². The van der Waals surface area contributed by atoms with Crippen LogP contribution in [0, 0.1) is 21.7 Å². The average molecular weight is 302 g/mol. The van der Waals surface area contributed by atoms with Crippen LogP contribution in [0.4, 0.5) is 20.2 Å². The lowest BCUT2D eigenvalue weighted by atomic mass is 10.2. The molecule has 0 bridgehead atoms. The molecule has 0 radical (unpaired) electrons. The summed E-state index contributed by atoms with van der Waals surface area (Å²) in [5, 5.41) is 11.0. The molecule has 1 aromatic rings. The Labute approximate surface area is 120 Å². The van der Waals surface area contributed by atoms with E-state index in [2.05, 4.69) is 0 Å². The smallest absolute Gasteiger partial charge is 0.328 e. The van der Waals surface area contributed by atoms with Gasteiger partial charge in [0.15, 0.2) is 0 Å². The minimum atomic E-state index is -1.29. The van der Waals surface area contributed by atoms with E-state index in [0.717, 1.165) is 6.07 Å². The zero-order valence-electron chi connectivity index (χ0n) is 11.9. The van der Waals surface area contributed by atoms with E-state index in [-0.39, 0.29) is 18.8 Å². The standard InChI is InChI=1S/C13H16F2N2O4/c1-4-21-12(18)7-16(8(2)3)11-6-9(14)5-10(15)13(11)17(19)20/h5-6,8H,4,7H2,1-3H3. The molecule has 0 saturated heterocycles. The molecule has 0 saturated carbocycles. The van der Waals surface area contributed by atoms with E-state index in [1.54, 1.807) is 20.8 Å². The number of hydrogen-bond donors (Lipinski definition) is 0. The van der Waals surface area contributed by atoms with E-state index in [9.17, 15) is 23.7 Å². The molecule has 21 heavy (non-hydrogen) atoms. The summed E-state index contributed by atoms with van der Waals surface area (Å²) in [7, 11) is 0. The van der Waals surface area contributed by atoms with Gasteiger partial charge in [-0.2, -0.15) is 4.39 Å². The van der Waals surface area contributed by atoms with Crippen LogP contribution in [-0.4, -0.2) is 30.1 Å². The molecule has 0 N–H and O–H groups in total. The summed E-state index contributed by atoms with van der Waals surface area (Å²) in [4.78, 5) is 22.8. The van der Waals surface area contributed by atoms with Gasteiger partial charge in [-0.25, -0.2) is 4.39 Å². The zero-order valence-corrected chi connectivity index (χ0v) is 11.9. The molecule has 8 heteroatoms. The predicted molar refractivity (Wildman–Crippen MR) is 72.1 cm³/mol. The van der Waals surface area contributed by atoms with Crippen molar-refractivity contribution >= 4 is 17.3 Å². The fourth-order valence-corrected chi connectivity index (χ4v) is 1.84. The highest BCUT2D eigenvalue weighted by molar-refractivity contribution is 5.78. The lowest BCUT2D eigenvalue weighted by Gasteiger charge is -2.27. The molecule has 0 spiro atoms. The molecule has 1 aromatic carbocycles. The van der Waals surface area contributed by atoms with Crippen molar-refractivity contribution in [2.75, 3.05) is 18.1 Å². The van der Waals surface area contributed by atoms with Crippen molar-refractivity contribution in [3.8, 4) is 0 Å². The second-order valence-electron chi connectivity index (χ2n) is 4.54. The van der Waals surface area contributed by atoms with Crippen LogP contribution < -0.4 is 4.90 Å². The van der Waals surface area contributed by atoms with Gasteiger partial charge in [0.05, 0.1) is 11.5 Å². The number of anilines is 1. The summed E-state index contributed by atoms with van der Waals surface area (Å²) >= 11 is 0. The predicted octanol–water partition coefficient (Wildman–Crippen LogP) is 2.65. The van der Waals surface area contributed by atoms with E-state index in [4.69, 9.17) is 4.74 Å². The molecule has 116 valence electrons. The van der Waals surface area contributed by atoms with Gasteiger partial charge < -0.3 is 9.64 Å². The highest BCUT2D eigenvalue weighted by atomic mass is 19.1. The Hall–Kier alpha value is -2.25. The molecule has 1 rings (SSSR count). The molecule has 0 atom stereocenters. The number of esters is 1. The second kappa shape index (κ2) is 6.96. The Kier molecular flexibility index (Phi) is 5.57. The van der Waals surface area contributed by atoms with Crippen molar-refractivity contribution in [1.82, 2.24) is 0 Å². The summed E-state index contributed by atoms with van der Waals surface area (Å²) in [6, 6.07) is 0.875. The van der Waals surface area contributed by atoms with Gasteiger partial charge in [-0.05, 0) is 20.8 Å². The third-order valence-corrected chi connectivity index (χ3v) is 2.73. The zero-order chi connectivity index (χ0) is 16.2. The van der Waals surface area contributed by atoms with Crippen molar-refractivity contribution < 1.29 is 23.2 Å². The van der Waals surface area contributed by atoms with Crippen molar-refractivity contribution in [1.29, 1.82) is 0 Å². The van der Waals surface area contributed by atoms with Gasteiger partial charge in [0.1, 0.15) is 18.0 Å². The van der Waals surface area contributed by atoms with Gasteiger partial charge in [-0.1, -0.05) is 0 Å². The van der Waals surface area contributed by atoms with Gasteiger partial charge in [-0.3, -0.25) is 14.9 Å². The number of hydrogen-bond acceptors (Lipinski definition) is 5. The summed E-state index contributed by atoms with van der Waals surface area (Å²) in [6.45, 7) is 4.71. The number of nitro groups is 1. The molecular formula is C13H16F2N2O4. The van der Waals surface area contributed by atoms with Crippen molar-refractivity contribution in [2.45, 2.75) is 26.8 Å². The Morgan fingerprint density at radius 3 is 2.52 bits per heavy atom. The number of benzene rings is 1. The molecule has 0 aliphatic heterocycles. The maximum absolute atomic E-state index is 13.6. The fraction of sp³-hybridized carbons (Fsp3) is 0.462. The molecule has 0 unspecified atom stereocenters. The normalized spacial score (nSPS) is 10.6. The Balaban J connectivity index is 3.31. The third kappa shape index (κ3) is 4.11. The number of halogens is 2. The highest BCUT2D eigenvalue weighted by Crippen LogP contribution is 2.33. The monoisotopic (exact) mass is 302 g/mol. The van der Waals surface area contributed by atoms with Gasteiger partial charge in [0, 0.05) is 18.2 Å². The molecule has 0 fully saturated rings. The van der Waals surface area contributed by atoms with E-state index >= 15 is 0 Å². The van der Waals surface area contributed by atoms with Crippen molar-refractivity contribution in [3.63, 3.8) is 0 Å². The molecule has 0 aliphatic carbocycles. The van der Waals surface area contributed by atoms with Gasteiger partial charge in [-0.15, -0.1) is 0 Å². The maximum atomic E-state index is 13.6. The average Bonchev–Trinajstić information content (AvgIpc) is 2.34. The molecule has 0 amide bonds. The quantitative estimate of drug-likeness (QED) is 0.459. The first-order valence-electron chi connectivity index (χ1n) is 6.33. The summed E-state index contributed by atoms with van der Waals surface area (Å²) in [5.41, 5.74) is -1.16. The van der Waals surface area contributed by atoms with Gasteiger partial charge in [0.2, 0.25) is 5.82 Å². The fourth-order valence-electron chi connectivity index (χ4n) is 1.84. The first-order valence-corrected chi connectivity index (χ1v) is 6.33. The van der Waals surface area contributed by atoms with Crippen LogP contribution in [0.2, 0.25) is 0 Å². The number of nitro benzene ring substituents is 1. The third-order valence-electron chi connectivity index (χ3n) is 2.73. The number of ether oxygens (including phenoxy) is 1. The molecular weight excluding hydrogens is 286 g/mol. The van der Waals surface area contributed by atoms with E-state index in [1.807, 2.05) is 0 Å². The summed E-state index contributed by atoms with van der Waals surface area (Å²) in [6.07, 6.45) is 0. The SMILES string of the molecule is CCOC(=O)CN(c1cc(F)cc(F)c1[N+](=O)[O-])C(C)C. The summed E-state index contributed by atoms with van der Waals surface area (Å²) < 4.78 is 31.8. The van der Waals surface area contributed by atoms with Crippen LogP contribution in [0.25, 0.3) is 0 Å². The van der Waals surface area contributed by atoms with E-state index in [1.165, 1.54) is 4.90 Å².